The summed E-state index contributed by atoms with van der Waals surface area (Å²) in [7, 11) is 0. The molecule has 8 nitrogen and oxygen atoms in total. The maximum atomic E-state index is 11.4. The molecule has 0 radical (unpaired) electrons. The van der Waals surface area contributed by atoms with E-state index in [-0.39, 0.29) is 37.2 Å². The van der Waals surface area contributed by atoms with Crippen molar-refractivity contribution in [3.05, 3.63) is 11.8 Å². The number of hydrogen-bond acceptors (Lipinski definition) is 5. The number of nitrogens with zero attached hydrogens (tertiary/aromatic N) is 1. The predicted octanol–water partition coefficient (Wildman–Crippen LogP) is -1.78. The first kappa shape index (κ1) is 12.0. The number of nitrogens with one attached hydrogen (secondary N) is 2. The van der Waals surface area contributed by atoms with Crippen molar-refractivity contribution in [3.8, 4) is 0 Å². The highest BCUT2D eigenvalue weighted by atomic mass is 16.5. The lowest BCUT2D eigenvalue weighted by Crippen LogP contribution is -2.29. The zero-order valence-electron chi connectivity index (χ0n) is 8.53. The molecule has 2 amide bonds. The van der Waals surface area contributed by atoms with Gasteiger partial charge < -0.3 is 21.5 Å². The highest BCUT2D eigenvalue weighted by molar-refractivity contribution is 5.92. The molecule has 1 heterocycles. The molecule has 0 aromatic carbocycles. The Morgan fingerprint density at radius 3 is 2.88 bits per heavy atom. The number of anilines is 1. The molecule has 0 saturated heterocycles. The number of ether oxygens (including phenoxy) is 1. The quantitative estimate of drug-likeness (QED) is 0.426. The van der Waals surface area contributed by atoms with Gasteiger partial charge in [0.05, 0.1) is 6.61 Å². The number of carbonyl (C=O) groups is 2. The monoisotopic (exact) mass is 227 g/mol. The van der Waals surface area contributed by atoms with Crippen LogP contribution >= 0.6 is 0 Å². The predicted molar refractivity (Wildman–Crippen MR) is 55.3 cm³/mol. The van der Waals surface area contributed by atoms with Crippen molar-refractivity contribution in [1.29, 1.82) is 0 Å². The van der Waals surface area contributed by atoms with Gasteiger partial charge >= 0.3 is 0 Å². The Morgan fingerprint density at radius 1 is 1.56 bits per heavy atom. The number of nitrogens with two attached hydrogens (primary N) is 2. The SMILES string of the molecule is NC(=O)COCCNC(=O)c1cc(N)n[nH]1. The molecule has 88 valence electrons. The summed E-state index contributed by atoms with van der Waals surface area (Å²) in [5.41, 5.74) is 10.4. The van der Waals surface area contributed by atoms with Crippen molar-refractivity contribution < 1.29 is 14.3 Å². The summed E-state index contributed by atoms with van der Waals surface area (Å²) >= 11 is 0. The molecular weight excluding hydrogens is 214 g/mol. The second-order valence-corrected chi connectivity index (χ2v) is 2.98. The number of rotatable bonds is 6. The van der Waals surface area contributed by atoms with Crippen molar-refractivity contribution >= 4 is 17.6 Å². The van der Waals surface area contributed by atoms with Gasteiger partial charge in [-0.15, -0.1) is 0 Å². The molecule has 1 rings (SSSR count). The van der Waals surface area contributed by atoms with Crippen molar-refractivity contribution in [3.63, 3.8) is 0 Å². The average molecular weight is 227 g/mol. The minimum Gasteiger partial charge on any atom is -0.382 e. The van der Waals surface area contributed by atoms with E-state index in [1.807, 2.05) is 0 Å². The lowest BCUT2D eigenvalue weighted by atomic mass is 10.4. The third-order valence-corrected chi connectivity index (χ3v) is 1.62. The van der Waals surface area contributed by atoms with Gasteiger partial charge in [-0.2, -0.15) is 5.10 Å². The smallest absolute Gasteiger partial charge is 0.269 e. The fourth-order valence-electron chi connectivity index (χ4n) is 0.958. The van der Waals surface area contributed by atoms with Gasteiger partial charge in [-0.25, -0.2) is 0 Å². The van der Waals surface area contributed by atoms with Crippen LogP contribution in [-0.2, 0) is 9.53 Å². The van der Waals surface area contributed by atoms with Gasteiger partial charge in [0.15, 0.2) is 0 Å². The van der Waals surface area contributed by atoms with Crippen molar-refractivity contribution in [1.82, 2.24) is 15.5 Å². The van der Waals surface area contributed by atoms with E-state index in [0.717, 1.165) is 0 Å². The fourth-order valence-corrected chi connectivity index (χ4v) is 0.958. The summed E-state index contributed by atoms with van der Waals surface area (Å²) in [6.45, 7) is 0.316. The second-order valence-electron chi connectivity index (χ2n) is 2.98. The van der Waals surface area contributed by atoms with Crippen LogP contribution in [0.4, 0.5) is 5.82 Å². The molecule has 0 atom stereocenters. The second kappa shape index (κ2) is 5.71. The van der Waals surface area contributed by atoms with Gasteiger partial charge in [-0.05, 0) is 0 Å². The lowest BCUT2D eigenvalue weighted by Gasteiger charge is -2.03. The Hall–Kier alpha value is -2.09. The molecule has 6 N–H and O–H groups in total. The molecule has 0 aliphatic rings. The number of H-pyrrole nitrogens is 1. The van der Waals surface area contributed by atoms with E-state index in [1.54, 1.807) is 0 Å². The Labute approximate surface area is 91.3 Å². The normalized spacial score (nSPS) is 10.0. The highest BCUT2D eigenvalue weighted by Gasteiger charge is 2.07. The summed E-state index contributed by atoms with van der Waals surface area (Å²) < 4.78 is 4.85. The molecule has 0 saturated carbocycles. The van der Waals surface area contributed by atoms with Crippen LogP contribution in [0.25, 0.3) is 0 Å². The van der Waals surface area contributed by atoms with Crippen LogP contribution in [0, 0.1) is 0 Å². The first-order valence-electron chi connectivity index (χ1n) is 4.54. The van der Waals surface area contributed by atoms with Gasteiger partial charge in [0.25, 0.3) is 5.91 Å². The third-order valence-electron chi connectivity index (χ3n) is 1.62. The first-order valence-corrected chi connectivity index (χ1v) is 4.54. The van der Waals surface area contributed by atoms with Crippen LogP contribution in [0.15, 0.2) is 6.07 Å². The van der Waals surface area contributed by atoms with Crippen LogP contribution in [0.5, 0.6) is 0 Å². The molecule has 0 bridgehead atoms. The van der Waals surface area contributed by atoms with Crippen molar-refractivity contribution in [2.75, 3.05) is 25.5 Å². The van der Waals surface area contributed by atoms with Gasteiger partial charge in [0.2, 0.25) is 5.91 Å². The lowest BCUT2D eigenvalue weighted by molar-refractivity contribution is -0.122. The van der Waals surface area contributed by atoms with E-state index in [0.29, 0.717) is 0 Å². The Bertz CT molecular complexity index is 376. The number of aromatic amines is 1. The minimum atomic E-state index is -0.548. The average Bonchev–Trinajstić information content (AvgIpc) is 2.63. The summed E-state index contributed by atoms with van der Waals surface area (Å²) in [5, 5.41) is 8.61. The largest absolute Gasteiger partial charge is 0.382 e. The van der Waals surface area contributed by atoms with E-state index in [9.17, 15) is 9.59 Å². The molecule has 1 aromatic heterocycles. The Balaban J connectivity index is 2.18. The molecular formula is C8H13N5O3. The summed E-state index contributed by atoms with van der Waals surface area (Å²) in [4.78, 5) is 21.7. The number of amides is 2. The summed E-state index contributed by atoms with van der Waals surface area (Å²) in [5.74, 6) is -0.644. The van der Waals surface area contributed by atoms with E-state index in [4.69, 9.17) is 16.2 Å². The fraction of sp³-hybridized carbons (Fsp3) is 0.375. The standard InChI is InChI=1S/C8H13N5O3/c9-6-3-5(12-13-6)8(15)11-1-2-16-4-7(10)14/h3H,1-2,4H2,(H2,10,14)(H,11,15)(H3,9,12,13). The van der Waals surface area contributed by atoms with Crippen LogP contribution in [0.1, 0.15) is 10.5 Å². The third kappa shape index (κ3) is 3.96. The number of nitrogen functional groups attached to an aromatic ring is 1. The van der Waals surface area contributed by atoms with Crippen molar-refractivity contribution in [2.45, 2.75) is 0 Å². The van der Waals surface area contributed by atoms with Crippen LogP contribution in [0.2, 0.25) is 0 Å². The zero-order chi connectivity index (χ0) is 12.0. The molecule has 0 fully saturated rings. The molecule has 0 spiro atoms. The molecule has 1 aromatic rings. The maximum absolute atomic E-state index is 11.4. The Kier molecular flexibility index (Phi) is 4.28. The highest BCUT2D eigenvalue weighted by Crippen LogP contribution is 1.99. The number of hydrogen-bond donors (Lipinski definition) is 4. The van der Waals surface area contributed by atoms with Gasteiger partial charge in [0, 0.05) is 12.6 Å². The number of aromatic nitrogens is 2. The first-order chi connectivity index (χ1) is 7.59. The number of primary amides is 1. The molecule has 0 aliphatic carbocycles. The maximum Gasteiger partial charge on any atom is 0.269 e. The molecule has 16 heavy (non-hydrogen) atoms. The van der Waals surface area contributed by atoms with Crippen LogP contribution in [-0.4, -0.2) is 41.8 Å². The van der Waals surface area contributed by atoms with Crippen LogP contribution in [0.3, 0.4) is 0 Å². The number of carbonyl (C=O) groups excluding carboxylic acids is 2. The van der Waals surface area contributed by atoms with Gasteiger partial charge in [-0.3, -0.25) is 14.7 Å². The van der Waals surface area contributed by atoms with Crippen molar-refractivity contribution in [2.24, 2.45) is 5.73 Å². The van der Waals surface area contributed by atoms with Crippen LogP contribution < -0.4 is 16.8 Å². The zero-order valence-corrected chi connectivity index (χ0v) is 8.53. The molecule has 0 aliphatic heterocycles. The van der Waals surface area contributed by atoms with E-state index in [2.05, 4.69) is 15.5 Å². The topological polar surface area (TPSA) is 136 Å². The van der Waals surface area contributed by atoms with E-state index >= 15 is 0 Å². The minimum absolute atomic E-state index is 0.160. The Morgan fingerprint density at radius 2 is 2.31 bits per heavy atom. The molecule has 8 heteroatoms. The summed E-state index contributed by atoms with van der Waals surface area (Å²) in [6.07, 6.45) is 0. The van der Waals surface area contributed by atoms with Gasteiger partial charge in [0.1, 0.15) is 18.1 Å². The van der Waals surface area contributed by atoms with E-state index in [1.165, 1.54) is 6.07 Å². The van der Waals surface area contributed by atoms with Gasteiger partial charge in [-0.1, -0.05) is 0 Å². The van der Waals surface area contributed by atoms with E-state index < -0.39 is 5.91 Å². The molecule has 0 unspecified atom stereocenters. The summed E-state index contributed by atoms with van der Waals surface area (Å²) in [6, 6.07) is 1.42.